The summed E-state index contributed by atoms with van der Waals surface area (Å²) in [5.74, 6) is 0. The van der Waals surface area contributed by atoms with Gasteiger partial charge in [-0.25, -0.2) is 0 Å². The van der Waals surface area contributed by atoms with E-state index in [1.807, 2.05) is 7.05 Å². The van der Waals surface area contributed by atoms with Crippen LogP contribution in [0.2, 0.25) is 0 Å². The van der Waals surface area contributed by atoms with Crippen molar-refractivity contribution >= 4 is 0 Å². The third-order valence-corrected chi connectivity index (χ3v) is 3.48. The first-order valence-electron chi connectivity index (χ1n) is 6.42. The number of likely N-dealkylation sites (N-methyl/N-ethyl adjacent to an activating group) is 1. The summed E-state index contributed by atoms with van der Waals surface area (Å²) in [7, 11) is 2.03. The third kappa shape index (κ3) is 4.09. The minimum absolute atomic E-state index is 0.814. The van der Waals surface area contributed by atoms with E-state index in [1.165, 1.54) is 45.6 Å². The maximum atomic E-state index is 3.21. The van der Waals surface area contributed by atoms with E-state index in [0.29, 0.717) is 0 Å². The highest BCUT2D eigenvalue weighted by Crippen LogP contribution is 2.15. The van der Waals surface area contributed by atoms with Gasteiger partial charge in [0.2, 0.25) is 0 Å². The Balaban J connectivity index is 2.19. The second-order valence-corrected chi connectivity index (χ2v) is 4.42. The molecule has 0 bridgehead atoms. The van der Waals surface area contributed by atoms with Crippen molar-refractivity contribution in [2.24, 2.45) is 0 Å². The van der Waals surface area contributed by atoms with Crippen molar-refractivity contribution in [3.63, 3.8) is 0 Å². The fourth-order valence-corrected chi connectivity index (χ4v) is 2.53. The molecular weight excluding hydrogens is 186 g/mol. The lowest BCUT2D eigenvalue weighted by molar-refractivity contribution is 0.210. The summed E-state index contributed by atoms with van der Waals surface area (Å²) in [5, 5.41) is 3.21. The standard InChI is InChI=1S/C12H27N3/c1-4-15(5-2)12-7-10-14(11-12)9-6-8-13-3/h12-13H,4-11H2,1-3H3. The van der Waals surface area contributed by atoms with Gasteiger partial charge in [0, 0.05) is 12.6 Å². The first kappa shape index (κ1) is 12.9. The van der Waals surface area contributed by atoms with Gasteiger partial charge in [-0.1, -0.05) is 13.8 Å². The second kappa shape index (κ2) is 7.20. The molecule has 0 aromatic carbocycles. The number of hydrogen-bond donors (Lipinski definition) is 1. The van der Waals surface area contributed by atoms with E-state index in [0.717, 1.165) is 12.6 Å². The molecule has 0 saturated carbocycles. The van der Waals surface area contributed by atoms with Crippen molar-refractivity contribution in [2.45, 2.75) is 32.7 Å². The van der Waals surface area contributed by atoms with Gasteiger partial charge in [-0.3, -0.25) is 4.90 Å². The predicted octanol–water partition coefficient (Wildman–Crippen LogP) is 1.01. The molecule has 90 valence electrons. The maximum absolute atomic E-state index is 3.21. The molecule has 1 saturated heterocycles. The smallest absolute Gasteiger partial charge is 0.0235 e. The van der Waals surface area contributed by atoms with Crippen molar-refractivity contribution in [2.75, 3.05) is 46.3 Å². The fourth-order valence-electron chi connectivity index (χ4n) is 2.53. The summed E-state index contributed by atoms with van der Waals surface area (Å²) in [5.41, 5.74) is 0. The average molecular weight is 213 g/mol. The zero-order valence-electron chi connectivity index (χ0n) is 10.6. The Morgan fingerprint density at radius 3 is 2.67 bits per heavy atom. The topological polar surface area (TPSA) is 18.5 Å². The van der Waals surface area contributed by atoms with Crippen LogP contribution in [-0.2, 0) is 0 Å². The number of nitrogens with zero attached hydrogens (tertiary/aromatic N) is 2. The minimum atomic E-state index is 0.814. The molecule has 3 nitrogen and oxygen atoms in total. The number of nitrogens with one attached hydrogen (secondary N) is 1. The van der Waals surface area contributed by atoms with Gasteiger partial charge in [-0.15, -0.1) is 0 Å². The molecule has 0 radical (unpaired) electrons. The Morgan fingerprint density at radius 1 is 1.33 bits per heavy atom. The van der Waals surface area contributed by atoms with Gasteiger partial charge in [0.05, 0.1) is 0 Å². The fraction of sp³-hybridized carbons (Fsp3) is 1.00. The lowest BCUT2D eigenvalue weighted by Crippen LogP contribution is -2.37. The monoisotopic (exact) mass is 213 g/mol. The molecule has 0 aromatic heterocycles. The molecule has 0 aliphatic carbocycles. The van der Waals surface area contributed by atoms with Crippen LogP contribution >= 0.6 is 0 Å². The molecule has 0 aromatic rings. The van der Waals surface area contributed by atoms with E-state index in [-0.39, 0.29) is 0 Å². The Kier molecular flexibility index (Phi) is 6.22. The Labute approximate surface area is 94.8 Å². The van der Waals surface area contributed by atoms with Gasteiger partial charge < -0.3 is 10.2 Å². The van der Waals surface area contributed by atoms with E-state index in [2.05, 4.69) is 29.0 Å². The van der Waals surface area contributed by atoms with Gasteiger partial charge in [-0.05, 0) is 52.6 Å². The Morgan fingerprint density at radius 2 is 2.07 bits per heavy atom. The third-order valence-electron chi connectivity index (χ3n) is 3.48. The first-order chi connectivity index (χ1) is 7.31. The molecule has 1 atom stereocenters. The van der Waals surface area contributed by atoms with Gasteiger partial charge in [0.15, 0.2) is 0 Å². The van der Waals surface area contributed by atoms with Crippen LogP contribution in [-0.4, -0.2) is 62.2 Å². The summed E-state index contributed by atoms with van der Waals surface area (Å²) in [6.45, 7) is 11.9. The average Bonchev–Trinajstić information content (AvgIpc) is 2.69. The van der Waals surface area contributed by atoms with Gasteiger partial charge in [-0.2, -0.15) is 0 Å². The van der Waals surface area contributed by atoms with Crippen LogP contribution in [0.25, 0.3) is 0 Å². The van der Waals surface area contributed by atoms with Gasteiger partial charge >= 0.3 is 0 Å². The van der Waals surface area contributed by atoms with Crippen molar-refractivity contribution in [1.82, 2.24) is 15.1 Å². The summed E-state index contributed by atoms with van der Waals surface area (Å²) in [4.78, 5) is 5.21. The molecule has 1 N–H and O–H groups in total. The van der Waals surface area contributed by atoms with Crippen LogP contribution in [0, 0.1) is 0 Å². The lowest BCUT2D eigenvalue weighted by Gasteiger charge is -2.26. The van der Waals surface area contributed by atoms with Crippen LogP contribution in [0.5, 0.6) is 0 Å². The maximum Gasteiger partial charge on any atom is 0.0235 e. The van der Waals surface area contributed by atoms with Crippen molar-refractivity contribution in [3.05, 3.63) is 0 Å². The van der Waals surface area contributed by atoms with E-state index in [1.54, 1.807) is 0 Å². The zero-order valence-corrected chi connectivity index (χ0v) is 10.6. The normalized spacial score (nSPS) is 22.8. The number of hydrogen-bond acceptors (Lipinski definition) is 3. The van der Waals surface area contributed by atoms with E-state index in [4.69, 9.17) is 0 Å². The molecule has 1 fully saturated rings. The Hall–Kier alpha value is -0.120. The van der Waals surface area contributed by atoms with Crippen LogP contribution in [0.1, 0.15) is 26.7 Å². The zero-order chi connectivity index (χ0) is 11.1. The summed E-state index contributed by atoms with van der Waals surface area (Å²) in [6, 6.07) is 0.814. The van der Waals surface area contributed by atoms with E-state index >= 15 is 0 Å². The first-order valence-corrected chi connectivity index (χ1v) is 6.42. The quantitative estimate of drug-likeness (QED) is 0.637. The van der Waals surface area contributed by atoms with Crippen LogP contribution in [0.4, 0.5) is 0 Å². The molecule has 1 aliphatic heterocycles. The number of likely N-dealkylation sites (tertiary alicyclic amines) is 1. The number of rotatable bonds is 7. The Bertz CT molecular complexity index is 157. The van der Waals surface area contributed by atoms with Gasteiger partial charge in [0.1, 0.15) is 0 Å². The molecule has 3 heteroatoms. The van der Waals surface area contributed by atoms with Crippen LogP contribution in [0.3, 0.4) is 0 Å². The molecule has 0 amide bonds. The second-order valence-electron chi connectivity index (χ2n) is 4.42. The molecule has 0 spiro atoms. The molecule has 1 unspecified atom stereocenters. The SMILES string of the molecule is CCN(CC)C1CCN(CCCNC)C1. The molecule has 1 rings (SSSR count). The molecule has 1 aliphatic rings. The van der Waals surface area contributed by atoms with Crippen LogP contribution in [0.15, 0.2) is 0 Å². The van der Waals surface area contributed by atoms with Crippen molar-refractivity contribution in [3.8, 4) is 0 Å². The highest BCUT2D eigenvalue weighted by molar-refractivity contribution is 4.82. The predicted molar refractivity (Wildman–Crippen MR) is 66.3 cm³/mol. The highest BCUT2D eigenvalue weighted by Gasteiger charge is 2.25. The minimum Gasteiger partial charge on any atom is -0.320 e. The molecule has 15 heavy (non-hydrogen) atoms. The largest absolute Gasteiger partial charge is 0.320 e. The summed E-state index contributed by atoms with van der Waals surface area (Å²) < 4.78 is 0. The molecular formula is C12H27N3. The van der Waals surface area contributed by atoms with E-state index in [9.17, 15) is 0 Å². The lowest BCUT2D eigenvalue weighted by atomic mass is 10.2. The highest BCUT2D eigenvalue weighted by atomic mass is 15.2. The summed E-state index contributed by atoms with van der Waals surface area (Å²) in [6.07, 6.45) is 2.64. The van der Waals surface area contributed by atoms with E-state index < -0.39 is 0 Å². The van der Waals surface area contributed by atoms with Crippen molar-refractivity contribution in [1.29, 1.82) is 0 Å². The molecule has 1 heterocycles. The van der Waals surface area contributed by atoms with Crippen molar-refractivity contribution < 1.29 is 0 Å². The summed E-state index contributed by atoms with van der Waals surface area (Å²) >= 11 is 0. The van der Waals surface area contributed by atoms with Crippen LogP contribution < -0.4 is 5.32 Å². The van der Waals surface area contributed by atoms with Gasteiger partial charge in [0.25, 0.3) is 0 Å².